The normalized spacial score (nSPS) is 11.1. The summed E-state index contributed by atoms with van der Waals surface area (Å²) >= 11 is 0. The van der Waals surface area contributed by atoms with Crippen molar-refractivity contribution in [3.05, 3.63) is 42.2 Å². The topological polar surface area (TPSA) is 102 Å². The molecule has 24 heavy (non-hydrogen) atoms. The minimum Gasteiger partial charge on any atom is -0.461 e. The van der Waals surface area contributed by atoms with Crippen LogP contribution in [0, 0.1) is 5.92 Å². The van der Waals surface area contributed by atoms with E-state index in [1.165, 1.54) is 0 Å². The van der Waals surface area contributed by atoms with Crippen molar-refractivity contribution in [2.24, 2.45) is 5.92 Å². The monoisotopic (exact) mass is 328 g/mol. The van der Waals surface area contributed by atoms with Crippen LogP contribution in [0.3, 0.4) is 0 Å². The van der Waals surface area contributed by atoms with Crippen molar-refractivity contribution >= 4 is 5.91 Å². The highest BCUT2D eigenvalue weighted by Crippen LogP contribution is 2.14. The van der Waals surface area contributed by atoms with E-state index < -0.39 is 0 Å². The number of nitrogens with zero attached hydrogens (tertiary/aromatic N) is 4. The molecule has 0 aliphatic rings. The van der Waals surface area contributed by atoms with E-state index in [1.807, 2.05) is 0 Å². The largest absolute Gasteiger partial charge is 0.461 e. The lowest BCUT2D eigenvalue weighted by atomic mass is 10.2. The van der Waals surface area contributed by atoms with E-state index in [1.54, 1.807) is 35.3 Å². The first-order valence-electron chi connectivity index (χ1n) is 7.88. The van der Waals surface area contributed by atoms with Crippen LogP contribution in [0.1, 0.15) is 30.2 Å². The first-order chi connectivity index (χ1) is 11.6. The van der Waals surface area contributed by atoms with E-state index in [9.17, 15) is 4.79 Å². The van der Waals surface area contributed by atoms with Crippen LogP contribution in [0.5, 0.6) is 0 Å². The van der Waals surface area contributed by atoms with Crippen molar-refractivity contribution in [2.75, 3.05) is 6.54 Å². The molecule has 0 spiro atoms. The van der Waals surface area contributed by atoms with Crippen molar-refractivity contribution in [3.63, 3.8) is 0 Å². The zero-order chi connectivity index (χ0) is 16.9. The summed E-state index contributed by atoms with van der Waals surface area (Å²) in [6, 6.07) is 5.30. The van der Waals surface area contributed by atoms with Crippen molar-refractivity contribution in [3.8, 4) is 11.6 Å². The molecule has 0 radical (unpaired) electrons. The molecular formula is C16H20N6O2. The lowest BCUT2D eigenvalue weighted by molar-refractivity contribution is 0.0942. The lowest BCUT2D eigenvalue weighted by Crippen LogP contribution is -2.28. The Kier molecular flexibility index (Phi) is 4.74. The maximum atomic E-state index is 12.3. The Morgan fingerprint density at radius 1 is 1.42 bits per heavy atom. The molecule has 0 aliphatic heterocycles. The Labute approximate surface area is 139 Å². The smallest absolute Gasteiger partial charge is 0.269 e. The molecule has 0 aliphatic carbocycles. The van der Waals surface area contributed by atoms with Gasteiger partial charge in [0.25, 0.3) is 5.91 Å². The third-order valence-electron chi connectivity index (χ3n) is 3.41. The van der Waals surface area contributed by atoms with Crippen molar-refractivity contribution in [2.45, 2.75) is 26.8 Å². The highest BCUT2D eigenvalue weighted by atomic mass is 16.3. The standard InChI is InChI=1S/C16H20N6O2/c1-11(2)10-22-12(5-8-18-22)16(23)17-7-6-14-19-15(21-20-14)13-4-3-9-24-13/h3-5,8-9,11H,6-7,10H2,1-2H3,(H,17,23)(H,19,20,21). The quantitative estimate of drug-likeness (QED) is 0.689. The SMILES string of the molecule is CC(C)Cn1nccc1C(=O)NCCc1nc(-c2ccco2)n[nH]1. The Morgan fingerprint density at radius 3 is 3.04 bits per heavy atom. The molecule has 8 nitrogen and oxygen atoms in total. The maximum Gasteiger partial charge on any atom is 0.269 e. The van der Waals surface area contributed by atoms with Crippen LogP contribution in [0.25, 0.3) is 11.6 Å². The minimum atomic E-state index is -0.140. The summed E-state index contributed by atoms with van der Waals surface area (Å²) in [7, 11) is 0. The van der Waals surface area contributed by atoms with Crippen molar-refractivity contribution < 1.29 is 9.21 Å². The predicted molar refractivity (Wildman–Crippen MR) is 87.2 cm³/mol. The fourth-order valence-electron chi connectivity index (χ4n) is 2.33. The summed E-state index contributed by atoms with van der Waals surface area (Å²) in [5.41, 5.74) is 0.567. The van der Waals surface area contributed by atoms with Gasteiger partial charge in [0.05, 0.1) is 6.26 Å². The van der Waals surface area contributed by atoms with Crippen LogP contribution in [0.4, 0.5) is 0 Å². The van der Waals surface area contributed by atoms with Crippen LogP contribution in [0.15, 0.2) is 35.1 Å². The Morgan fingerprint density at radius 2 is 2.29 bits per heavy atom. The number of aromatic amines is 1. The number of hydrogen-bond donors (Lipinski definition) is 2. The number of hydrogen-bond acceptors (Lipinski definition) is 5. The first-order valence-corrected chi connectivity index (χ1v) is 7.88. The molecule has 8 heteroatoms. The van der Waals surface area contributed by atoms with Gasteiger partial charge in [0.1, 0.15) is 11.5 Å². The molecule has 0 atom stereocenters. The molecule has 3 aromatic heterocycles. The molecule has 0 unspecified atom stereocenters. The number of aromatic nitrogens is 5. The fraction of sp³-hybridized carbons (Fsp3) is 0.375. The third kappa shape index (κ3) is 3.70. The van der Waals surface area contributed by atoms with Gasteiger partial charge >= 0.3 is 0 Å². The second-order valence-electron chi connectivity index (χ2n) is 5.88. The molecule has 3 aromatic rings. The number of nitrogens with one attached hydrogen (secondary N) is 2. The second kappa shape index (κ2) is 7.12. The molecular weight excluding hydrogens is 308 g/mol. The average Bonchev–Trinajstić information content (AvgIpc) is 3.27. The zero-order valence-corrected chi connectivity index (χ0v) is 13.7. The van der Waals surface area contributed by atoms with Crippen LogP contribution >= 0.6 is 0 Å². The summed E-state index contributed by atoms with van der Waals surface area (Å²) in [4.78, 5) is 16.6. The van der Waals surface area contributed by atoms with Gasteiger partial charge in [-0.3, -0.25) is 14.6 Å². The molecule has 3 rings (SSSR count). The van der Waals surface area contributed by atoms with Gasteiger partial charge in [0.2, 0.25) is 5.82 Å². The van der Waals surface area contributed by atoms with E-state index in [4.69, 9.17) is 4.42 Å². The van der Waals surface area contributed by atoms with E-state index in [0.717, 1.165) is 0 Å². The van der Waals surface area contributed by atoms with Gasteiger partial charge < -0.3 is 9.73 Å². The van der Waals surface area contributed by atoms with Gasteiger partial charge in [-0.05, 0) is 24.1 Å². The molecule has 3 heterocycles. The number of rotatable bonds is 7. The van der Waals surface area contributed by atoms with Crippen LogP contribution in [-0.2, 0) is 13.0 Å². The van der Waals surface area contributed by atoms with Gasteiger partial charge in [0.15, 0.2) is 5.76 Å². The maximum absolute atomic E-state index is 12.3. The average molecular weight is 328 g/mol. The van der Waals surface area contributed by atoms with E-state index >= 15 is 0 Å². The predicted octanol–water partition coefficient (Wildman–Crippen LogP) is 1.89. The highest BCUT2D eigenvalue weighted by Gasteiger charge is 2.13. The van der Waals surface area contributed by atoms with Crippen molar-refractivity contribution in [1.82, 2.24) is 30.3 Å². The number of carbonyl (C=O) groups excluding carboxylic acids is 1. The summed E-state index contributed by atoms with van der Waals surface area (Å²) in [6.45, 7) is 5.34. The van der Waals surface area contributed by atoms with Gasteiger partial charge in [0, 0.05) is 25.7 Å². The molecule has 0 aromatic carbocycles. The van der Waals surface area contributed by atoms with Gasteiger partial charge in [-0.1, -0.05) is 13.8 Å². The molecule has 0 saturated carbocycles. The Balaban J connectivity index is 1.53. The van der Waals surface area contributed by atoms with Gasteiger partial charge in [-0.15, -0.1) is 0 Å². The number of H-pyrrole nitrogens is 1. The van der Waals surface area contributed by atoms with Crippen molar-refractivity contribution in [1.29, 1.82) is 0 Å². The van der Waals surface area contributed by atoms with Crippen LogP contribution < -0.4 is 5.32 Å². The first kappa shape index (κ1) is 16.0. The lowest BCUT2D eigenvalue weighted by Gasteiger charge is -2.09. The van der Waals surface area contributed by atoms with Crippen LogP contribution in [0.2, 0.25) is 0 Å². The Bertz CT molecular complexity index is 787. The molecule has 0 saturated heterocycles. The summed E-state index contributed by atoms with van der Waals surface area (Å²) in [6.07, 6.45) is 3.77. The molecule has 126 valence electrons. The summed E-state index contributed by atoms with van der Waals surface area (Å²) < 4.78 is 6.97. The zero-order valence-electron chi connectivity index (χ0n) is 13.7. The molecule has 0 bridgehead atoms. The summed E-state index contributed by atoms with van der Waals surface area (Å²) in [5, 5.41) is 14.0. The molecule has 1 amide bonds. The Hall–Kier alpha value is -2.90. The fourth-order valence-corrected chi connectivity index (χ4v) is 2.33. The third-order valence-corrected chi connectivity index (χ3v) is 3.41. The van der Waals surface area contributed by atoms with Gasteiger partial charge in [-0.2, -0.15) is 10.2 Å². The molecule has 0 fully saturated rings. The minimum absolute atomic E-state index is 0.140. The van der Waals surface area contributed by atoms with E-state index in [2.05, 4.69) is 39.4 Å². The number of amides is 1. The van der Waals surface area contributed by atoms with Crippen LogP contribution in [-0.4, -0.2) is 37.4 Å². The summed E-state index contributed by atoms with van der Waals surface area (Å²) in [5.74, 6) is 2.09. The van der Waals surface area contributed by atoms with E-state index in [-0.39, 0.29) is 5.91 Å². The van der Waals surface area contributed by atoms with E-state index in [0.29, 0.717) is 48.5 Å². The molecule has 2 N–H and O–H groups in total. The number of furan rings is 1. The van der Waals surface area contributed by atoms with Gasteiger partial charge in [-0.25, -0.2) is 4.98 Å². The number of carbonyl (C=O) groups is 1. The second-order valence-corrected chi connectivity index (χ2v) is 5.88. The highest BCUT2D eigenvalue weighted by molar-refractivity contribution is 5.92.